The van der Waals surface area contributed by atoms with Gasteiger partial charge in [0, 0.05) is 18.7 Å². The predicted octanol–water partition coefficient (Wildman–Crippen LogP) is 1.64. The summed E-state index contributed by atoms with van der Waals surface area (Å²) in [7, 11) is -3.81. The van der Waals surface area contributed by atoms with Crippen LogP contribution in [0.4, 0.5) is 0 Å². The molecule has 118 valence electrons. The van der Waals surface area contributed by atoms with Crippen molar-refractivity contribution < 1.29 is 22.4 Å². The number of hydrogen-bond donors (Lipinski definition) is 1. The van der Waals surface area contributed by atoms with Gasteiger partial charge in [-0.15, -0.1) is 0 Å². The Hall–Kier alpha value is -1.31. The summed E-state index contributed by atoms with van der Waals surface area (Å²) in [6.45, 7) is 7.84. The molecule has 7 heteroatoms. The molecule has 6 nitrogen and oxygen atoms in total. The van der Waals surface area contributed by atoms with E-state index in [1.807, 2.05) is 13.8 Å². The maximum Gasteiger partial charge on any atom is 0.385 e. The van der Waals surface area contributed by atoms with Gasteiger partial charge in [-0.05, 0) is 32.0 Å². The van der Waals surface area contributed by atoms with Gasteiger partial charge in [0.25, 0.3) is 0 Å². The van der Waals surface area contributed by atoms with Gasteiger partial charge in [-0.1, -0.05) is 13.8 Å². The molecule has 0 saturated carbocycles. The molecule has 1 aliphatic rings. The second-order valence-electron chi connectivity index (χ2n) is 5.48. The van der Waals surface area contributed by atoms with Crippen molar-refractivity contribution in [3.8, 4) is 11.5 Å². The van der Waals surface area contributed by atoms with Crippen molar-refractivity contribution in [3.05, 3.63) is 23.8 Å². The Morgan fingerprint density at radius 1 is 1.33 bits per heavy atom. The summed E-state index contributed by atoms with van der Waals surface area (Å²) >= 11 is 0. The SMILES string of the molecule is CCN(CC)S(=O)(=O)Oc1ccc2c(c1)C(C)(C)C(O)O2. The van der Waals surface area contributed by atoms with Crippen molar-refractivity contribution in [2.45, 2.75) is 39.4 Å². The zero-order valence-corrected chi connectivity index (χ0v) is 13.5. The number of benzene rings is 1. The van der Waals surface area contributed by atoms with Gasteiger partial charge in [0.05, 0.1) is 5.41 Å². The lowest BCUT2D eigenvalue weighted by Crippen LogP contribution is -2.34. The number of hydrogen-bond acceptors (Lipinski definition) is 5. The summed E-state index contributed by atoms with van der Waals surface area (Å²) in [6.07, 6.45) is -0.956. The van der Waals surface area contributed by atoms with E-state index >= 15 is 0 Å². The van der Waals surface area contributed by atoms with Gasteiger partial charge in [-0.25, -0.2) is 0 Å². The standard InChI is InChI=1S/C14H21NO5S/c1-5-15(6-2)21(17,18)20-10-7-8-12-11(9-10)14(3,4)13(16)19-12/h7-9,13,16H,5-6H2,1-4H3. The molecule has 0 amide bonds. The predicted molar refractivity (Wildman–Crippen MR) is 78.6 cm³/mol. The third-order valence-corrected chi connectivity index (χ3v) is 5.28. The lowest BCUT2D eigenvalue weighted by atomic mass is 9.85. The molecule has 1 atom stereocenters. The largest absolute Gasteiger partial charge is 0.464 e. The highest BCUT2D eigenvalue weighted by molar-refractivity contribution is 7.84. The summed E-state index contributed by atoms with van der Waals surface area (Å²) in [5, 5.41) is 9.88. The highest BCUT2D eigenvalue weighted by Gasteiger charge is 2.41. The van der Waals surface area contributed by atoms with Crippen LogP contribution < -0.4 is 8.92 Å². The van der Waals surface area contributed by atoms with E-state index in [1.165, 1.54) is 10.4 Å². The lowest BCUT2D eigenvalue weighted by molar-refractivity contribution is -0.0450. The van der Waals surface area contributed by atoms with Crippen LogP contribution in [0.1, 0.15) is 33.3 Å². The van der Waals surface area contributed by atoms with Crippen LogP contribution in [0.15, 0.2) is 18.2 Å². The van der Waals surface area contributed by atoms with E-state index in [1.54, 1.807) is 26.0 Å². The van der Waals surface area contributed by atoms with Crippen molar-refractivity contribution in [1.82, 2.24) is 4.31 Å². The molecule has 0 saturated heterocycles. The van der Waals surface area contributed by atoms with Crippen LogP contribution in [0.3, 0.4) is 0 Å². The van der Waals surface area contributed by atoms with Gasteiger partial charge in [-0.2, -0.15) is 12.7 Å². The molecular weight excluding hydrogens is 294 g/mol. The van der Waals surface area contributed by atoms with Crippen molar-refractivity contribution in [2.24, 2.45) is 0 Å². The van der Waals surface area contributed by atoms with E-state index in [0.717, 1.165) is 5.56 Å². The highest BCUT2D eigenvalue weighted by atomic mass is 32.2. The first kappa shape index (κ1) is 16.1. The second kappa shape index (κ2) is 5.47. The highest BCUT2D eigenvalue weighted by Crippen LogP contribution is 2.43. The average Bonchev–Trinajstić information content (AvgIpc) is 2.61. The molecular formula is C14H21NO5S. The first-order valence-electron chi connectivity index (χ1n) is 6.91. The summed E-state index contributed by atoms with van der Waals surface area (Å²) in [5.74, 6) is 0.756. The van der Waals surface area contributed by atoms with Gasteiger partial charge in [0.1, 0.15) is 11.5 Å². The molecule has 1 aromatic rings. The van der Waals surface area contributed by atoms with Crippen molar-refractivity contribution in [2.75, 3.05) is 13.1 Å². The maximum absolute atomic E-state index is 12.1. The molecule has 1 heterocycles. The molecule has 1 aromatic carbocycles. The Morgan fingerprint density at radius 3 is 2.52 bits per heavy atom. The van der Waals surface area contributed by atoms with E-state index in [4.69, 9.17) is 8.92 Å². The van der Waals surface area contributed by atoms with Crippen molar-refractivity contribution >= 4 is 10.3 Å². The van der Waals surface area contributed by atoms with Crippen LogP contribution in [0, 0.1) is 0 Å². The zero-order valence-electron chi connectivity index (χ0n) is 12.7. The molecule has 0 aromatic heterocycles. The number of fused-ring (bicyclic) bond motifs is 1. The normalized spacial score (nSPS) is 20.2. The zero-order chi connectivity index (χ0) is 15.8. The molecule has 1 N–H and O–H groups in total. The van der Waals surface area contributed by atoms with E-state index < -0.39 is 22.0 Å². The van der Waals surface area contributed by atoms with Gasteiger partial charge < -0.3 is 14.0 Å². The molecule has 0 fully saturated rings. The van der Waals surface area contributed by atoms with E-state index in [9.17, 15) is 13.5 Å². The minimum Gasteiger partial charge on any atom is -0.464 e. The van der Waals surface area contributed by atoms with E-state index in [0.29, 0.717) is 18.8 Å². The molecule has 0 bridgehead atoms. The van der Waals surface area contributed by atoms with Gasteiger partial charge in [0.2, 0.25) is 6.29 Å². The van der Waals surface area contributed by atoms with Gasteiger partial charge >= 0.3 is 10.3 Å². The lowest BCUT2D eigenvalue weighted by Gasteiger charge is -2.21. The van der Waals surface area contributed by atoms with E-state index in [-0.39, 0.29) is 5.75 Å². The third kappa shape index (κ3) is 2.86. The Balaban J connectivity index is 2.31. The Morgan fingerprint density at radius 2 is 1.95 bits per heavy atom. The quantitative estimate of drug-likeness (QED) is 0.894. The molecule has 1 unspecified atom stereocenters. The smallest absolute Gasteiger partial charge is 0.385 e. The molecule has 1 aliphatic heterocycles. The second-order valence-corrected chi connectivity index (χ2v) is 7.01. The first-order valence-corrected chi connectivity index (χ1v) is 8.27. The Bertz CT molecular complexity index is 622. The number of aliphatic hydroxyl groups excluding tert-OH is 1. The molecule has 0 aliphatic carbocycles. The van der Waals surface area contributed by atoms with Crippen LogP contribution in [0.2, 0.25) is 0 Å². The maximum atomic E-state index is 12.1. The molecule has 0 spiro atoms. The Kier molecular flexibility index (Phi) is 4.19. The number of nitrogens with zero attached hydrogens (tertiary/aromatic N) is 1. The van der Waals surface area contributed by atoms with Crippen LogP contribution >= 0.6 is 0 Å². The van der Waals surface area contributed by atoms with Crippen LogP contribution in [0.25, 0.3) is 0 Å². The van der Waals surface area contributed by atoms with Crippen molar-refractivity contribution in [1.29, 1.82) is 0 Å². The summed E-state index contributed by atoms with van der Waals surface area (Å²) in [6, 6.07) is 4.74. The number of ether oxygens (including phenoxy) is 1. The average molecular weight is 315 g/mol. The van der Waals surface area contributed by atoms with Gasteiger partial charge in [0.15, 0.2) is 0 Å². The van der Waals surface area contributed by atoms with Crippen molar-refractivity contribution in [3.63, 3.8) is 0 Å². The fourth-order valence-electron chi connectivity index (χ4n) is 2.28. The summed E-state index contributed by atoms with van der Waals surface area (Å²) < 4.78 is 36.0. The fraction of sp³-hybridized carbons (Fsp3) is 0.571. The molecule has 21 heavy (non-hydrogen) atoms. The molecule has 0 radical (unpaired) electrons. The monoisotopic (exact) mass is 315 g/mol. The third-order valence-electron chi connectivity index (χ3n) is 3.72. The topological polar surface area (TPSA) is 76.1 Å². The first-order chi connectivity index (χ1) is 9.72. The Labute approximate surface area is 125 Å². The minimum atomic E-state index is -3.81. The number of aliphatic hydroxyl groups is 1. The minimum absolute atomic E-state index is 0.214. The molecule has 2 rings (SSSR count). The van der Waals surface area contributed by atoms with E-state index in [2.05, 4.69) is 0 Å². The van der Waals surface area contributed by atoms with Crippen LogP contribution in [0.5, 0.6) is 11.5 Å². The van der Waals surface area contributed by atoms with Crippen LogP contribution in [-0.2, 0) is 15.7 Å². The summed E-state index contributed by atoms with van der Waals surface area (Å²) in [5.41, 5.74) is 0.107. The summed E-state index contributed by atoms with van der Waals surface area (Å²) in [4.78, 5) is 0. The van der Waals surface area contributed by atoms with Gasteiger partial charge in [-0.3, -0.25) is 0 Å². The van der Waals surface area contributed by atoms with Crippen LogP contribution in [-0.4, -0.2) is 37.2 Å². The number of rotatable bonds is 5. The fourth-order valence-corrected chi connectivity index (χ4v) is 3.37.